The summed E-state index contributed by atoms with van der Waals surface area (Å²) in [5.74, 6) is 2.25. The van der Waals surface area contributed by atoms with Gasteiger partial charge in [-0.25, -0.2) is 0 Å². The lowest BCUT2D eigenvalue weighted by Crippen LogP contribution is -1.88. The second-order valence-corrected chi connectivity index (χ2v) is 4.06. The summed E-state index contributed by atoms with van der Waals surface area (Å²) in [5.41, 5.74) is 4.15. The summed E-state index contributed by atoms with van der Waals surface area (Å²) in [6.45, 7) is 7.88. The number of terminal acetylenes is 1. The van der Waals surface area contributed by atoms with Gasteiger partial charge in [0.05, 0.1) is 0 Å². The second-order valence-electron chi connectivity index (χ2n) is 4.06. The van der Waals surface area contributed by atoms with Crippen molar-refractivity contribution in [3.63, 3.8) is 0 Å². The van der Waals surface area contributed by atoms with Gasteiger partial charge >= 0.3 is 0 Å². The van der Waals surface area contributed by atoms with E-state index in [1.54, 1.807) is 6.92 Å². The molecule has 0 nitrogen and oxygen atoms in total. The summed E-state index contributed by atoms with van der Waals surface area (Å²) in [4.78, 5) is 0. The van der Waals surface area contributed by atoms with Crippen LogP contribution in [0.4, 0.5) is 0 Å². The molecule has 0 N–H and O–H groups in total. The van der Waals surface area contributed by atoms with E-state index in [0.29, 0.717) is 0 Å². The molecule has 0 saturated heterocycles. The first-order valence-electron chi connectivity index (χ1n) is 7.34. The normalized spacial score (nSPS) is 8.35. The van der Waals surface area contributed by atoms with Crippen LogP contribution in [-0.2, 0) is 6.42 Å². The third kappa shape index (κ3) is 6.25. The zero-order valence-electron chi connectivity index (χ0n) is 13.2. The second kappa shape index (κ2) is 12.1. The van der Waals surface area contributed by atoms with E-state index in [0.717, 1.165) is 6.42 Å². The lowest BCUT2D eigenvalue weighted by atomic mass is 9.97. The predicted octanol–water partition coefficient (Wildman–Crippen LogP) is 5.97. The number of hydrogen-bond acceptors (Lipinski definition) is 0. The van der Waals surface area contributed by atoms with Gasteiger partial charge in [-0.1, -0.05) is 81.8 Å². The van der Waals surface area contributed by atoms with Crippen LogP contribution in [0.1, 0.15) is 39.7 Å². The monoisotopic (exact) mass is 266 g/mol. The van der Waals surface area contributed by atoms with E-state index in [-0.39, 0.29) is 0 Å². The molecule has 0 fully saturated rings. The highest BCUT2D eigenvalue weighted by Crippen LogP contribution is 2.24. The summed E-state index contributed by atoms with van der Waals surface area (Å²) in [5, 5.41) is 0. The first kappa shape index (κ1) is 18.0. The molecule has 2 aromatic carbocycles. The van der Waals surface area contributed by atoms with Crippen LogP contribution in [0.2, 0.25) is 0 Å². The highest BCUT2D eigenvalue weighted by Gasteiger charge is 2.02. The predicted molar refractivity (Wildman–Crippen MR) is 91.7 cm³/mol. The molecule has 0 aliphatic rings. The Labute approximate surface area is 124 Å². The molecule has 2 aromatic rings. The minimum absolute atomic E-state index is 1.16. The van der Waals surface area contributed by atoms with E-state index in [1.165, 1.54) is 23.1 Å². The topological polar surface area (TPSA) is 0 Å². The number of hydrogen-bond donors (Lipinski definition) is 0. The van der Waals surface area contributed by atoms with Gasteiger partial charge < -0.3 is 0 Å². The van der Waals surface area contributed by atoms with Crippen LogP contribution in [0.25, 0.3) is 11.1 Å². The van der Waals surface area contributed by atoms with E-state index in [2.05, 4.69) is 73.9 Å². The average Bonchev–Trinajstić information content (AvgIpc) is 2.52. The van der Waals surface area contributed by atoms with Gasteiger partial charge in [0, 0.05) is 0 Å². The van der Waals surface area contributed by atoms with Gasteiger partial charge in [-0.15, -0.1) is 12.3 Å². The molecule has 0 bridgehead atoms. The summed E-state index contributed by atoms with van der Waals surface area (Å²) < 4.78 is 0. The summed E-state index contributed by atoms with van der Waals surface area (Å²) >= 11 is 0. The van der Waals surface area contributed by atoms with Crippen molar-refractivity contribution in [2.24, 2.45) is 0 Å². The fourth-order valence-electron chi connectivity index (χ4n) is 1.91. The highest BCUT2D eigenvalue weighted by molar-refractivity contribution is 5.67. The smallest absolute Gasteiger partial charge is 0.00297 e. The minimum Gasteiger partial charge on any atom is -0.120 e. The molecule has 0 spiro atoms. The van der Waals surface area contributed by atoms with Gasteiger partial charge in [0.15, 0.2) is 0 Å². The zero-order chi connectivity index (χ0) is 15.2. The standard InChI is InChI=1S/C15H16.C3H4.C2H6/c1-2-8-13-11-6-7-12-15(13)14-9-4-3-5-10-14;1-3-2;1-2/h3-7,9-12H,2,8H2,1H3;1H,2H3;1-2H3. The molecule has 0 aromatic heterocycles. The van der Waals surface area contributed by atoms with Crippen LogP contribution in [-0.4, -0.2) is 0 Å². The Morgan fingerprint density at radius 1 is 0.900 bits per heavy atom. The Morgan fingerprint density at radius 2 is 1.40 bits per heavy atom. The number of benzene rings is 2. The first-order valence-corrected chi connectivity index (χ1v) is 7.34. The Bertz CT molecular complexity index is 489. The quantitative estimate of drug-likeness (QED) is 0.600. The van der Waals surface area contributed by atoms with Gasteiger partial charge in [0.25, 0.3) is 0 Å². The first-order chi connectivity index (χ1) is 9.83. The fraction of sp³-hybridized carbons (Fsp3) is 0.300. The largest absolute Gasteiger partial charge is 0.120 e. The van der Waals surface area contributed by atoms with Crippen molar-refractivity contribution >= 4 is 0 Å². The Kier molecular flexibility index (Phi) is 10.8. The van der Waals surface area contributed by atoms with Crippen LogP contribution in [0.5, 0.6) is 0 Å². The van der Waals surface area contributed by atoms with Crippen LogP contribution in [0.15, 0.2) is 54.6 Å². The molecule has 0 heterocycles. The van der Waals surface area contributed by atoms with Gasteiger partial charge in [-0.3, -0.25) is 0 Å². The Hall–Kier alpha value is -2.00. The van der Waals surface area contributed by atoms with Crippen molar-refractivity contribution in [2.75, 3.05) is 0 Å². The lowest BCUT2D eigenvalue weighted by Gasteiger charge is -2.08. The molecular weight excluding hydrogens is 240 g/mol. The Morgan fingerprint density at radius 3 is 1.95 bits per heavy atom. The maximum Gasteiger partial charge on any atom is -0.00297 e. The molecule has 0 saturated carbocycles. The van der Waals surface area contributed by atoms with E-state index in [9.17, 15) is 0 Å². The lowest BCUT2D eigenvalue weighted by molar-refractivity contribution is 0.923. The molecule has 0 aliphatic carbocycles. The molecule has 0 amide bonds. The van der Waals surface area contributed by atoms with Crippen molar-refractivity contribution in [3.05, 3.63) is 60.2 Å². The summed E-state index contributed by atoms with van der Waals surface area (Å²) in [7, 11) is 0. The molecule has 0 heteroatoms. The van der Waals surface area contributed by atoms with E-state index >= 15 is 0 Å². The van der Waals surface area contributed by atoms with Crippen LogP contribution in [0, 0.1) is 12.3 Å². The van der Waals surface area contributed by atoms with Crippen molar-refractivity contribution in [2.45, 2.75) is 40.5 Å². The SMILES string of the molecule is C#CC.CC.CCCc1ccccc1-c1ccccc1. The van der Waals surface area contributed by atoms with Crippen LogP contribution >= 0.6 is 0 Å². The summed E-state index contributed by atoms with van der Waals surface area (Å²) in [6, 6.07) is 19.3. The van der Waals surface area contributed by atoms with Crippen LogP contribution < -0.4 is 0 Å². The molecule has 0 aliphatic heterocycles. The maximum atomic E-state index is 4.60. The van der Waals surface area contributed by atoms with E-state index in [4.69, 9.17) is 0 Å². The van der Waals surface area contributed by atoms with Crippen LogP contribution in [0.3, 0.4) is 0 Å². The molecule has 0 unspecified atom stereocenters. The number of aryl methyl sites for hydroxylation is 1. The zero-order valence-corrected chi connectivity index (χ0v) is 13.2. The van der Waals surface area contributed by atoms with Crippen molar-refractivity contribution in [3.8, 4) is 23.5 Å². The molecular formula is C20H26. The van der Waals surface area contributed by atoms with Crippen molar-refractivity contribution in [1.29, 1.82) is 0 Å². The van der Waals surface area contributed by atoms with Gasteiger partial charge in [0.2, 0.25) is 0 Å². The molecule has 2 rings (SSSR count). The molecule has 106 valence electrons. The molecule has 0 atom stereocenters. The fourth-order valence-corrected chi connectivity index (χ4v) is 1.91. The third-order valence-corrected chi connectivity index (χ3v) is 2.62. The Balaban J connectivity index is 0.000000641. The van der Waals surface area contributed by atoms with E-state index < -0.39 is 0 Å². The minimum atomic E-state index is 1.16. The van der Waals surface area contributed by atoms with Crippen molar-refractivity contribution in [1.82, 2.24) is 0 Å². The number of rotatable bonds is 3. The summed E-state index contributed by atoms with van der Waals surface area (Å²) in [6.07, 6.45) is 6.95. The maximum absolute atomic E-state index is 4.60. The van der Waals surface area contributed by atoms with Gasteiger partial charge in [-0.05, 0) is 30.0 Å². The van der Waals surface area contributed by atoms with Gasteiger partial charge in [0.1, 0.15) is 0 Å². The van der Waals surface area contributed by atoms with E-state index in [1.807, 2.05) is 13.8 Å². The third-order valence-electron chi connectivity index (χ3n) is 2.62. The average molecular weight is 266 g/mol. The molecule has 0 radical (unpaired) electrons. The molecule has 20 heavy (non-hydrogen) atoms. The van der Waals surface area contributed by atoms with Gasteiger partial charge in [-0.2, -0.15) is 0 Å². The van der Waals surface area contributed by atoms with Crippen molar-refractivity contribution < 1.29 is 0 Å². The highest BCUT2D eigenvalue weighted by atomic mass is 14.1.